The zero-order valence-corrected chi connectivity index (χ0v) is 17.9. The number of benzene rings is 1. The third-order valence-corrected chi connectivity index (χ3v) is 5.05. The Labute approximate surface area is 173 Å². The van der Waals surface area contributed by atoms with Crippen LogP contribution in [0.15, 0.2) is 30.3 Å². The molecule has 0 saturated carbocycles. The molecular weight excluding hydrogens is 370 g/mol. The summed E-state index contributed by atoms with van der Waals surface area (Å²) in [6.45, 7) is 7.83. The van der Waals surface area contributed by atoms with Gasteiger partial charge in [-0.1, -0.05) is 56.5 Å². The number of ether oxygens (including phenoxy) is 2. The first-order valence-electron chi connectivity index (χ1n) is 10.4. The molecule has 160 valence electrons. The van der Waals surface area contributed by atoms with Gasteiger partial charge in [-0.25, -0.2) is 0 Å². The minimum absolute atomic E-state index is 0.176. The summed E-state index contributed by atoms with van der Waals surface area (Å²) < 4.78 is 11.0. The highest BCUT2D eigenvalue weighted by molar-refractivity contribution is 6.00. The van der Waals surface area contributed by atoms with Crippen molar-refractivity contribution in [1.29, 1.82) is 0 Å². The van der Waals surface area contributed by atoms with Gasteiger partial charge in [0.05, 0.1) is 5.92 Å². The van der Waals surface area contributed by atoms with E-state index < -0.39 is 29.3 Å². The van der Waals surface area contributed by atoms with Gasteiger partial charge in [-0.15, -0.1) is 0 Å². The van der Waals surface area contributed by atoms with Crippen LogP contribution in [0.4, 0.5) is 0 Å². The van der Waals surface area contributed by atoms with E-state index in [0.717, 1.165) is 24.8 Å². The highest BCUT2D eigenvalue weighted by Gasteiger charge is 2.48. The number of carbonyl (C=O) groups is 3. The molecule has 1 aromatic rings. The van der Waals surface area contributed by atoms with E-state index in [1.54, 1.807) is 20.8 Å². The van der Waals surface area contributed by atoms with Gasteiger partial charge in [-0.2, -0.15) is 0 Å². The molecule has 29 heavy (non-hydrogen) atoms. The number of hydrogen-bond acceptors (Lipinski definition) is 5. The molecule has 0 aromatic heterocycles. The molecular formula is C23H33NO5. The molecule has 1 aromatic carbocycles. The molecule has 1 N–H and O–H groups in total. The second-order valence-electron chi connectivity index (χ2n) is 8.62. The fraction of sp³-hybridized carbons (Fsp3) is 0.609. The van der Waals surface area contributed by atoms with Gasteiger partial charge in [0.1, 0.15) is 18.1 Å². The predicted molar refractivity (Wildman–Crippen MR) is 110 cm³/mol. The van der Waals surface area contributed by atoms with Gasteiger partial charge in [0.15, 0.2) is 0 Å². The summed E-state index contributed by atoms with van der Waals surface area (Å²) in [6.07, 6.45) is 3.42. The lowest BCUT2D eigenvalue weighted by molar-refractivity contribution is -0.165. The zero-order valence-electron chi connectivity index (χ0n) is 17.9. The van der Waals surface area contributed by atoms with Gasteiger partial charge in [0.25, 0.3) is 0 Å². The van der Waals surface area contributed by atoms with Crippen LogP contribution in [0, 0.1) is 17.8 Å². The molecule has 3 atom stereocenters. The van der Waals surface area contributed by atoms with Crippen LogP contribution in [0.3, 0.4) is 0 Å². The van der Waals surface area contributed by atoms with Crippen molar-refractivity contribution in [3.8, 4) is 0 Å². The summed E-state index contributed by atoms with van der Waals surface area (Å²) in [7, 11) is 0. The number of carbonyl (C=O) groups excluding carboxylic acids is 3. The Morgan fingerprint density at radius 1 is 1.17 bits per heavy atom. The number of nitrogens with one attached hydrogen (secondary N) is 1. The largest absolute Gasteiger partial charge is 0.461 e. The van der Waals surface area contributed by atoms with E-state index in [0.29, 0.717) is 6.42 Å². The molecule has 1 aliphatic rings. The Morgan fingerprint density at radius 3 is 2.48 bits per heavy atom. The summed E-state index contributed by atoms with van der Waals surface area (Å²) in [5.41, 5.74) is 0.202. The molecule has 1 amide bonds. The van der Waals surface area contributed by atoms with Gasteiger partial charge >= 0.3 is 11.9 Å². The van der Waals surface area contributed by atoms with E-state index in [4.69, 9.17) is 9.47 Å². The van der Waals surface area contributed by atoms with E-state index in [1.165, 1.54) is 0 Å². The molecule has 1 heterocycles. The normalized spacial score (nSPS) is 20.1. The van der Waals surface area contributed by atoms with Gasteiger partial charge in [-0.05, 0) is 32.8 Å². The molecule has 6 heteroatoms. The van der Waals surface area contributed by atoms with E-state index in [-0.39, 0.29) is 25.0 Å². The molecule has 3 unspecified atom stereocenters. The minimum Gasteiger partial charge on any atom is -0.461 e. The lowest BCUT2D eigenvalue weighted by Crippen LogP contribution is -2.39. The zero-order chi connectivity index (χ0) is 21.4. The summed E-state index contributed by atoms with van der Waals surface area (Å²) in [5, 5.41) is 2.74. The number of rotatable bonds is 9. The van der Waals surface area contributed by atoms with E-state index >= 15 is 0 Å². The minimum atomic E-state index is -0.981. The maximum Gasteiger partial charge on any atom is 0.319 e. The number of hydrogen-bond donors (Lipinski definition) is 1. The van der Waals surface area contributed by atoms with Gasteiger partial charge in [0, 0.05) is 12.5 Å². The molecule has 0 radical (unpaired) electrons. The number of amides is 1. The van der Waals surface area contributed by atoms with Crippen LogP contribution in [0.1, 0.15) is 58.9 Å². The van der Waals surface area contributed by atoms with Crippen molar-refractivity contribution < 1.29 is 23.9 Å². The van der Waals surface area contributed by atoms with Crippen LogP contribution in [-0.2, 0) is 30.5 Å². The quantitative estimate of drug-likeness (QED) is 0.387. The van der Waals surface area contributed by atoms with Gasteiger partial charge in [0.2, 0.25) is 5.91 Å². The Balaban J connectivity index is 2.14. The maximum atomic E-state index is 12.9. The molecule has 0 spiro atoms. The Bertz CT molecular complexity index is 695. The third-order valence-electron chi connectivity index (χ3n) is 5.05. The first kappa shape index (κ1) is 22.9. The molecule has 1 fully saturated rings. The monoisotopic (exact) mass is 403 g/mol. The van der Waals surface area contributed by atoms with Crippen molar-refractivity contribution in [2.24, 2.45) is 17.8 Å². The lowest BCUT2D eigenvalue weighted by Gasteiger charge is -2.27. The first-order chi connectivity index (χ1) is 13.7. The van der Waals surface area contributed by atoms with Crippen LogP contribution in [0.2, 0.25) is 0 Å². The Morgan fingerprint density at radius 2 is 1.86 bits per heavy atom. The lowest BCUT2D eigenvalue weighted by atomic mass is 9.80. The molecule has 0 aliphatic carbocycles. The number of esters is 2. The Hall–Kier alpha value is -2.37. The first-order valence-corrected chi connectivity index (χ1v) is 10.4. The van der Waals surface area contributed by atoms with Crippen molar-refractivity contribution in [1.82, 2.24) is 5.32 Å². The van der Waals surface area contributed by atoms with E-state index in [2.05, 4.69) is 12.2 Å². The standard InChI is InChI=1S/C23H33NO5/c1-5-6-8-13-17(21(26)28-15-16-11-9-7-10-12-16)18-14-24-20(25)19(18)22(27)29-23(2,3)4/h7,9-12,17-19H,5-6,8,13-15H2,1-4H3,(H,24,25). The smallest absolute Gasteiger partial charge is 0.319 e. The van der Waals surface area contributed by atoms with Crippen LogP contribution in [-0.4, -0.2) is 30.0 Å². The second-order valence-corrected chi connectivity index (χ2v) is 8.62. The van der Waals surface area contributed by atoms with Gasteiger partial charge < -0.3 is 14.8 Å². The summed E-state index contributed by atoms with van der Waals surface area (Å²) >= 11 is 0. The van der Waals surface area contributed by atoms with Gasteiger partial charge in [-0.3, -0.25) is 14.4 Å². The van der Waals surface area contributed by atoms with Crippen LogP contribution >= 0.6 is 0 Å². The average molecular weight is 404 g/mol. The topological polar surface area (TPSA) is 81.7 Å². The SMILES string of the molecule is CCCCCC(C(=O)OCc1ccccc1)C1CNC(=O)C1C(=O)OC(C)(C)C. The highest BCUT2D eigenvalue weighted by Crippen LogP contribution is 2.33. The maximum absolute atomic E-state index is 12.9. The average Bonchev–Trinajstić information content (AvgIpc) is 3.04. The van der Waals surface area contributed by atoms with Crippen LogP contribution in [0.5, 0.6) is 0 Å². The fourth-order valence-electron chi connectivity index (χ4n) is 3.62. The van der Waals surface area contributed by atoms with Crippen molar-refractivity contribution in [3.05, 3.63) is 35.9 Å². The van der Waals surface area contributed by atoms with Crippen molar-refractivity contribution >= 4 is 17.8 Å². The summed E-state index contributed by atoms with van der Waals surface area (Å²) in [5.74, 6) is -3.28. The summed E-state index contributed by atoms with van der Waals surface area (Å²) in [4.78, 5) is 38.0. The number of unbranched alkanes of at least 4 members (excludes halogenated alkanes) is 2. The van der Waals surface area contributed by atoms with E-state index in [1.807, 2.05) is 30.3 Å². The third kappa shape index (κ3) is 6.87. The van der Waals surface area contributed by atoms with Crippen molar-refractivity contribution in [2.45, 2.75) is 65.6 Å². The van der Waals surface area contributed by atoms with Crippen molar-refractivity contribution in [2.75, 3.05) is 6.54 Å². The molecule has 2 rings (SSSR count). The predicted octanol–water partition coefficient (Wildman–Crippen LogP) is 3.63. The van der Waals surface area contributed by atoms with Crippen LogP contribution < -0.4 is 5.32 Å². The van der Waals surface area contributed by atoms with E-state index in [9.17, 15) is 14.4 Å². The highest BCUT2D eigenvalue weighted by atomic mass is 16.6. The Kier molecular flexibility index (Phi) is 8.23. The molecule has 0 bridgehead atoms. The van der Waals surface area contributed by atoms with Crippen molar-refractivity contribution in [3.63, 3.8) is 0 Å². The summed E-state index contributed by atoms with van der Waals surface area (Å²) in [6, 6.07) is 9.47. The molecule has 1 saturated heterocycles. The second kappa shape index (κ2) is 10.4. The molecule has 6 nitrogen and oxygen atoms in total. The molecule has 1 aliphatic heterocycles. The van der Waals surface area contributed by atoms with Crippen LogP contribution in [0.25, 0.3) is 0 Å². The fourth-order valence-corrected chi connectivity index (χ4v) is 3.62.